The van der Waals surface area contributed by atoms with Crippen LogP contribution >= 0.6 is 0 Å². The highest BCUT2D eigenvalue weighted by Crippen LogP contribution is 2.20. The molecule has 0 spiro atoms. The van der Waals surface area contributed by atoms with Crippen LogP contribution in [0.15, 0.2) is 18.2 Å². The first-order valence-corrected chi connectivity index (χ1v) is 8.94. The number of nitrogens with one attached hydrogen (secondary N) is 2. The zero-order valence-corrected chi connectivity index (χ0v) is 15.5. The highest BCUT2D eigenvalue weighted by atomic mass is 16.4. The second-order valence-corrected chi connectivity index (χ2v) is 7.03. The number of rotatable bonds is 6. The van der Waals surface area contributed by atoms with E-state index in [4.69, 9.17) is 5.11 Å². The first kappa shape index (κ1) is 19.8. The number of carbonyl (C=O) groups excluding carboxylic acids is 2. The molecule has 1 aromatic rings. The van der Waals surface area contributed by atoms with Gasteiger partial charge in [0.05, 0.1) is 5.92 Å². The summed E-state index contributed by atoms with van der Waals surface area (Å²) in [4.78, 5) is 36.8. The van der Waals surface area contributed by atoms with Gasteiger partial charge in [-0.3, -0.25) is 9.59 Å². The van der Waals surface area contributed by atoms with E-state index in [0.29, 0.717) is 11.3 Å². The minimum atomic E-state index is -0.946. The molecule has 3 amide bonds. The summed E-state index contributed by atoms with van der Waals surface area (Å²) in [6.07, 6.45) is 4.37. The number of carbonyl (C=O) groups is 3. The molecule has 26 heavy (non-hydrogen) atoms. The van der Waals surface area contributed by atoms with Gasteiger partial charge in [-0.1, -0.05) is 19.8 Å². The molecular formula is C19H27N3O4. The molecule has 1 aromatic carbocycles. The average molecular weight is 361 g/mol. The molecule has 0 aromatic heterocycles. The lowest BCUT2D eigenvalue weighted by molar-refractivity contribution is -0.141. The SMILES string of the molecule is Cc1cc(C(=O)NC2CCCC2)ccc1NC(=O)N(C)CC(C)C(=O)O. The zero-order valence-electron chi connectivity index (χ0n) is 15.5. The fourth-order valence-corrected chi connectivity index (χ4v) is 3.07. The van der Waals surface area contributed by atoms with Crippen LogP contribution in [0, 0.1) is 12.8 Å². The fraction of sp³-hybridized carbons (Fsp3) is 0.526. The lowest BCUT2D eigenvalue weighted by Gasteiger charge is -2.21. The molecule has 2 rings (SSSR count). The summed E-state index contributed by atoms with van der Waals surface area (Å²) in [5.74, 6) is -1.68. The third kappa shape index (κ3) is 5.21. The lowest BCUT2D eigenvalue weighted by atomic mass is 10.1. The van der Waals surface area contributed by atoms with Crippen molar-refractivity contribution in [2.45, 2.75) is 45.6 Å². The summed E-state index contributed by atoms with van der Waals surface area (Å²) >= 11 is 0. The number of hydrogen-bond acceptors (Lipinski definition) is 3. The largest absolute Gasteiger partial charge is 0.481 e. The van der Waals surface area contributed by atoms with Crippen molar-refractivity contribution < 1.29 is 19.5 Å². The summed E-state index contributed by atoms with van der Waals surface area (Å²) in [7, 11) is 1.55. The second kappa shape index (κ2) is 8.69. The van der Waals surface area contributed by atoms with Gasteiger partial charge in [-0.2, -0.15) is 0 Å². The topological polar surface area (TPSA) is 98.7 Å². The summed E-state index contributed by atoms with van der Waals surface area (Å²) < 4.78 is 0. The van der Waals surface area contributed by atoms with Crippen molar-refractivity contribution >= 4 is 23.6 Å². The Hall–Kier alpha value is -2.57. The van der Waals surface area contributed by atoms with Gasteiger partial charge in [0.1, 0.15) is 0 Å². The maximum atomic E-state index is 12.3. The Balaban J connectivity index is 1.96. The Morgan fingerprint density at radius 3 is 2.50 bits per heavy atom. The summed E-state index contributed by atoms with van der Waals surface area (Å²) in [5, 5.41) is 14.7. The number of carboxylic acids is 1. The number of anilines is 1. The maximum Gasteiger partial charge on any atom is 0.321 e. The Morgan fingerprint density at radius 2 is 1.92 bits per heavy atom. The van der Waals surface area contributed by atoms with Crippen LogP contribution in [-0.4, -0.2) is 47.5 Å². The van der Waals surface area contributed by atoms with Crippen LogP contribution in [0.4, 0.5) is 10.5 Å². The van der Waals surface area contributed by atoms with E-state index in [-0.39, 0.29) is 24.5 Å². The summed E-state index contributed by atoms with van der Waals surface area (Å²) in [5.41, 5.74) is 1.94. The summed E-state index contributed by atoms with van der Waals surface area (Å²) in [6.45, 7) is 3.49. The number of aryl methyl sites for hydroxylation is 1. The molecule has 0 radical (unpaired) electrons. The summed E-state index contributed by atoms with van der Waals surface area (Å²) in [6, 6.07) is 5.01. The van der Waals surface area contributed by atoms with E-state index in [1.165, 1.54) is 4.90 Å². The number of aliphatic carboxylic acids is 1. The van der Waals surface area contributed by atoms with Crippen molar-refractivity contribution in [3.05, 3.63) is 29.3 Å². The Morgan fingerprint density at radius 1 is 1.27 bits per heavy atom. The first-order chi connectivity index (χ1) is 12.3. The monoisotopic (exact) mass is 361 g/mol. The van der Waals surface area contributed by atoms with Gasteiger partial charge in [-0.15, -0.1) is 0 Å². The minimum Gasteiger partial charge on any atom is -0.481 e. The highest BCUT2D eigenvalue weighted by molar-refractivity contribution is 5.96. The van der Waals surface area contributed by atoms with Crippen LogP contribution in [0.5, 0.6) is 0 Å². The lowest BCUT2D eigenvalue weighted by Crippen LogP contribution is -2.36. The van der Waals surface area contributed by atoms with E-state index in [1.807, 2.05) is 6.92 Å². The minimum absolute atomic E-state index is 0.0923. The molecule has 142 valence electrons. The van der Waals surface area contributed by atoms with Crippen LogP contribution < -0.4 is 10.6 Å². The number of amides is 3. The number of nitrogens with zero attached hydrogens (tertiary/aromatic N) is 1. The molecule has 0 bridgehead atoms. The second-order valence-electron chi connectivity index (χ2n) is 7.03. The zero-order chi connectivity index (χ0) is 19.3. The maximum absolute atomic E-state index is 12.3. The van der Waals surface area contributed by atoms with Crippen molar-refractivity contribution in [1.29, 1.82) is 0 Å². The van der Waals surface area contributed by atoms with E-state index >= 15 is 0 Å². The van der Waals surface area contributed by atoms with Crippen molar-refractivity contribution in [3.8, 4) is 0 Å². The van der Waals surface area contributed by atoms with E-state index < -0.39 is 11.9 Å². The molecule has 0 saturated heterocycles. The predicted molar refractivity (Wildman–Crippen MR) is 99.3 cm³/mol. The quantitative estimate of drug-likeness (QED) is 0.725. The molecule has 1 aliphatic carbocycles. The first-order valence-electron chi connectivity index (χ1n) is 8.94. The molecule has 0 aliphatic heterocycles. The van der Waals surface area contributed by atoms with Gasteiger partial charge in [-0.05, 0) is 43.5 Å². The number of hydrogen-bond donors (Lipinski definition) is 3. The number of urea groups is 1. The Kier molecular flexibility index (Phi) is 6.60. The Labute approximate surface area is 153 Å². The molecule has 1 unspecified atom stereocenters. The van der Waals surface area contributed by atoms with Crippen molar-refractivity contribution in [2.75, 3.05) is 18.9 Å². The van der Waals surface area contributed by atoms with E-state index in [0.717, 1.165) is 31.2 Å². The molecule has 1 fully saturated rings. The molecule has 0 heterocycles. The standard InChI is InChI=1S/C19H27N3O4/c1-12-10-14(17(23)20-15-6-4-5-7-15)8-9-16(12)21-19(26)22(3)11-13(2)18(24)25/h8-10,13,15H,4-7,11H2,1-3H3,(H,20,23)(H,21,26)(H,24,25). The van der Waals surface area contributed by atoms with Gasteiger partial charge < -0.3 is 20.6 Å². The van der Waals surface area contributed by atoms with Gasteiger partial charge >= 0.3 is 12.0 Å². The smallest absolute Gasteiger partial charge is 0.321 e. The van der Waals surface area contributed by atoms with Gasteiger partial charge in [0.15, 0.2) is 0 Å². The third-order valence-corrected chi connectivity index (χ3v) is 4.74. The van der Waals surface area contributed by atoms with Crippen LogP contribution in [0.1, 0.15) is 48.5 Å². The highest BCUT2D eigenvalue weighted by Gasteiger charge is 2.20. The van der Waals surface area contributed by atoms with Crippen LogP contribution in [0.3, 0.4) is 0 Å². The number of carboxylic acid groups (broad SMARTS) is 1. The molecule has 7 heteroatoms. The number of benzene rings is 1. The van der Waals surface area contributed by atoms with Gasteiger partial charge in [0.25, 0.3) is 5.91 Å². The van der Waals surface area contributed by atoms with Crippen LogP contribution in [0.25, 0.3) is 0 Å². The molecule has 7 nitrogen and oxygen atoms in total. The Bertz CT molecular complexity index is 683. The molecular weight excluding hydrogens is 334 g/mol. The van der Waals surface area contributed by atoms with E-state index in [1.54, 1.807) is 32.2 Å². The van der Waals surface area contributed by atoms with Crippen LogP contribution in [0.2, 0.25) is 0 Å². The van der Waals surface area contributed by atoms with E-state index in [9.17, 15) is 14.4 Å². The van der Waals surface area contributed by atoms with Crippen molar-refractivity contribution in [1.82, 2.24) is 10.2 Å². The molecule has 1 aliphatic rings. The molecule has 1 saturated carbocycles. The molecule has 1 atom stereocenters. The van der Waals surface area contributed by atoms with Gasteiger partial charge in [0.2, 0.25) is 0 Å². The van der Waals surface area contributed by atoms with Gasteiger partial charge in [-0.25, -0.2) is 4.79 Å². The van der Waals surface area contributed by atoms with Crippen molar-refractivity contribution in [2.24, 2.45) is 5.92 Å². The van der Waals surface area contributed by atoms with Gasteiger partial charge in [0, 0.05) is 30.9 Å². The normalized spacial score (nSPS) is 15.3. The predicted octanol–water partition coefficient (Wildman–Crippen LogP) is 2.85. The molecule has 3 N–H and O–H groups in total. The average Bonchev–Trinajstić information content (AvgIpc) is 3.09. The third-order valence-electron chi connectivity index (χ3n) is 4.74. The van der Waals surface area contributed by atoms with Crippen molar-refractivity contribution in [3.63, 3.8) is 0 Å². The fourth-order valence-electron chi connectivity index (χ4n) is 3.07. The van der Waals surface area contributed by atoms with E-state index in [2.05, 4.69) is 10.6 Å². The van der Waals surface area contributed by atoms with Crippen LogP contribution in [-0.2, 0) is 4.79 Å².